The second-order valence-electron chi connectivity index (χ2n) is 8.06. The summed E-state index contributed by atoms with van der Waals surface area (Å²) >= 11 is 0. The molecule has 10 heteroatoms. The van der Waals surface area contributed by atoms with Crippen molar-refractivity contribution in [3.8, 4) is 5.75 Å². The van der Waals surface area contributed by atoms with Crippen molar-refractivity contribution in [2.45, 2.75) is 56.8 Å². The summed E-state index contributed by atoms with van der Waals surface area (Å²) in [4.78, 5) is 5.30. The van der Waals surface area contributed by atoms with Crippen LogP contribution in [0.15, 0.2) is 12.1 Å². The molecule has 0 spiro atoms. The molecule has 0 unspecified atom stereocenters. The summed E-state index contributed by atoms with van der Waals surface area (Å²) in [6, 6.07) is 2.73. The first-order valence-electron chi connectivity index (χ1n) is 10.1. The van der Waals surface area contributed by atoms with Crippen LogP contribution >= 0.6 is 0 Å². The number of halogens is 5. The fourth-order valence-corrected chi connectivity index (χ4v) is 4.13. The van der Waals surface area contributed by atoms with Crippen molar-refractivity contribution in [2.75, 3.05) is 13.1 Å². The Labute approximate surface area is 170 Å². The van der Waals surface area contributed by atoms with Gasteiger partial charge >= 0.3 is 6.18 Å². The van der Waals surface area contributed by atoms with Crippen LogP contribution in [0.4, 0.5) is 22.0 Å². The Morgan fingerprint density at radius 1 is 1.07 bits per heavy atom. The van der Waals surface area contributed by atoms with E-state index in [2.05, 4.69) is 10.1 Å². The molecule has 1 aliphatic heterocycles. The number of aromatic nitrogens is 3. The third kappa shape index (κ3) is 4.43. The molecule has 30 heavy (non-hydrogen) atoms. The molecular formula is C20H23F5N4O. The zero-order chi connectivity index (χ0) is 21.5. The van der Waals surface area contributed by atoms with E-state index in [1.807, 2.05) is 0 Å². The molecule has 1 saturated carbocycles. The van der Waals surface area contributed by atoms with Crippen LogP contribution in [0.3, 0.4) is 0 Å². The molecule has 0 N–H and O–H groups in total. The van der Waals surface area contributed by atoms with Crippen LogP contribution in [0.2, 0.25) is 0 Å². The third-order valence-electron chi connectivity index (χ3n) is 5.78. The zero-order valence-corrected chi connectivity index (χ0v) is 16.6. The molecule has 2 aromatic rings. The Balaban J connectivity index is 1.34. The molecule has 0 radical (unpaired) electrons. The van der Waals surface area contributed by atoms with Gasteiger partial charge in [0.2, 0.25) is 0 Å². The zero-order valence-electron chi connectivity index (χ0n) is 16.6. The molecule has 164 valence electrons. The Morgan fingerprint density at radius 3 is 2.27 bits per heavy atom. The number of hydrogen-bond donors (Lipinski definition) is 0. The lowest BCUT2D eigenvalue weighted by Gasteiger charge is -2.38. The lowest BCUT2D eigenvalue weighted by atomic mass is 9.84. The smallest absolute Gasteiger partial charge is 0.453 e. The molecule has 1 aromatic heterocycles. The number of likely N-dealkylation sites (tertiary alicyclic amines) is 1. The van der Waals surface area contributed by atoms with Crippen molar-refractivity contribution >= 4 is 0 Å². The monoisotopic (exact) mass is 430 g/mol. The largest absolute Gasteiger partial charge is 0.482 e. The van der Waals surface area contributed by atoms with E-state index in [0.717, 1.165) is 36.8 Å². The Bertz CT molecular complexity index is 878. The van der Waals surface area contributed by atoms with E-state index in [4.69, 9.17) is 4.74 Å². The minimum Gasteiger partial charge on any atom is -0.482 e. The highest BCUT2D eigenvalue weighted by atomic mass is 19.4. The Hall–Kier alpha value is -2.23. The van der Waals surface area contributed by atoms with E-state index in [1.165, 1.54) is 19.2 Å². The van der Waals surface area contributed by atoms with Crippen molar-refractivity contribution in [3.63, 3.8) is 0 Å². The van der Waals surface area contributed by atoms with Gasteiger partial charge in [-0.05, 0) is 36.5 Å². The Kier molecular flexibility index (Phi) is 5.69. The summed E-state index contributed by atoms with van der Waals surface area (Å²) < 4.78 is 73.7. The maximum Gasteiger partial charge on any atom is 0.453 e. The van der Waals surface area contributed by atoms with Gasteiger partial charge in [0.25, 0.3) is 5.82 Å². The van der Waals surface area contributed by atoms with Crippen molar-refractivity contribution in [1.82, 2.24) is 19.7 Å². The predicted molar refractivity (Wildman–Crippen MR) is 97.9 cm³/mol. The molecule has 1 aliphatic carbocycles. The Morgan fingerprint density at radius 2 is 1.70 bits per heavy atom. The standard InChI is InChI=1S/C20H23F5N4O/c1-28-17(26-19(27-28)20(23,24)25)11-29-9-14(10-29)30-18-15(21)7-13(8-16(18)22)12-5-3-2-4-6-12/h7-8,12,14H,2-6,9-11H2,1H3. The van der Waals surface area contributed by atoms with Gasteiger partial charge in [-0.15, -0.1) is 5.10 Å². The SMILES string of the molecule is Cn1nc(C(F)(F)F)nc1CN1CC(Oc2c(F)cc(C3CCCCC3)cc2F)C1. The quantitative estimate of drug-likeness (QED) is 0.659. The summed E-state index contributed by atoms with van der Waals surface area (Å²) in [5, 5.41) is 3.37. The van der Waals surface area contributed by atoms with Crippen molar-refractivity contribution in [1.29, 1.82) is 0 Å². The van der Waals surface area contributed by atoms with Gasteiger partial charge in [-0.3, -0.25) is 9.58 Å². The van der Waals surface area contributed by atoms with Gasteiger partial charge in [0.05, 0.1) is 6.54 Å². The minimum absolute atomic E-state index is 0.144. The van der Waals surface area contributed by atoms with E-state index >= 15 is 0 Å². The number of benzene rings is 1. The van der Waals surface area contributed by atoms with Gasteiger partial charge in [-0.25, -0.2) is 13.8 Å². The summed E-state index contributed by atoms with van der Waals surface area (Å²) in [6.07, 6.45) is 0.135. The molecule has 4 rings (SSSR count). The topological polar surface area (TPSA) is 43.2 Å². The fraction of sp³-hybridized carbons (Fsp3) is 0.600. The van der Waals surface area contributed by atoms with Crippen molar-refractivity contribution in [2.24, 2.45) is 7.05 Å². The lowest BCUT2D eigenvalue weighted by Crippen LogP contribution is -2.53. The van der Waals surface area contributed by atoms with Gasteiger partial charge in [0, 0.05) is 20.1 Å². The van der Waals surface area contributed by atoms with Crippen LogP contribution in [0.1, 0.15) is 55.2 Å². The number of rotatable bonds is 5. The molecule has 1 saturated heterocycles. The second-order valence-corrected chi connectivity index (χ2v) is 8.06. The predicted octanol–water partition coefficient (Wildman–Crippen LogP) is 4.42. The van der Waals surface area contributed by atoms with Crippen molar-refractivity contribution < 1.29 is 26.7 Å². The number of ether oxygens (including phenoxy) is 1. The highest BCUT2D eigenvalue weighted by Gasteiger charge is 2.38. The van der Waals surface area contributed by atoms with E-state index < -0.39 is 35.5 Å². The summed E-state index contributed by atoms with van der Waals surface area (Å²) in [7, 11) is 1.39. The van der Waals surface area contributed by atoms with Crippen LogP contribution in [0.5, 0.6) is 5.75 Å². The molecule has 2 heterocycles. The van der Waals surface area contributed by atoms with Crippen LogP contribution < -0.4 is 4.74 Å². The van der Waals surface area contributed by atoms with Crippen molar-refractivity contribution in [3.05, 3.63) is 41.0 Å². The number of nitrogens with zero attached hydrogens (tertiary/aromatic N) is 4. The van der Waals surface area contributed by atoms with Gasteiger partial charge in [0.15, 0.2) is 17.4 Å². The second kappa shape index (κ2) is 8.13. The molecule has 0 atom stereocenters. The van der Waals surface area contributed by atoms with Gasteiger partial charge in [-0.1, -0.05) is 19.3 Å². The average Bonchev–Trinajstić information content (AvgIpc) is 3.03. The first-order chi connectivity index (χ1) is 14.2. The number of hydrogen-bond acceptors (Lipinski definition) is 4. The minimum atomic E-state index is -4.60. The number of alkyl halides is 3. The van der Waals surface area contributed by atoms with E-state index in [9.17, 15) is 22.0 Å². The first-order valence-corrected chi connectivity index (χ1v) is 10.1. The maximum absolute atomic E-state index is 14.5. The van der Waals surface area contributed by atoms with Crippen LogP contribution in [-0.4, -0.2) is 38.9 Å². The fourth-order valence-electron chi connectivity index (χ4n) is 4.13. The van der Waals surface area contributed by atoms with Gasteiger partial charge < -0.3 is 4.74 Å². The molecule has 2 fully saturated rings. The normalized spacial score (nSPS) is 19.1. The van der Waals surface area contributed by atoms with E-state index in [-0.39, 0.29) is 18.3 Å². The summed E-state index contributed by atoms with van der Waals surface area (Å²) in [5.41, 5.74) is 0.676. The molecule has 0 bridgehead atoms. The first kappa shape index (κ1) is 21.0. The highest BCUT2D eigenvalue weighted by Crippen LogP contribution is 2.36. The average molecular weight is 430 g/mol. The maximum atomic E-state index is 14.5. The van der Waals surface area contributed by atoms with Gasteiger partial charge in [-0.2, -0.15) is 13.2 Å². The molecule has 1 aromatic carbocycles. The summed E-state index contributed by atoms with van der Waals surface area (Å²) in [6.45, 7) is 0.806. The summed E-state index contributed by atoms with van der Waals surface area (Å²) in [5.74, 6) is -2.65. The molecular weight excluding hydrogens is 407 g/mol. The molecule has 5 nitrogen and oxygen atoms in total. The lowest BCUT2D eigenvalue weighted by molar-refractivity contribution is -0.145. The molecule has 0 amide bonds. The van der Waals surface area contributed by atoms with Crippen LogP contribution in [0, 0.1) is 11.6 Å². The van der Waals surface area contributed by atoms with E-state index in [0.29, 0.717) is 18.7 Å². The van der Waals surface area contributed by atoms with Crippen LogP contribution in [-0.2, 0) is 19.8 Å². The van der Waals surface area contributed by atoms with Gasteiger partial charge in [0.1, 0.15) is 11.9 Å². The van der Waals surface area contributed by atoms with Crippen LogP contribution in [0.25, 0.3) is 0 Å². The highest BCUT2D eigenvalue weighted by molar-refractivity contribution is 5.33. The number of aryl methyl sites for hydroxylation is 1. The third-order valence-corrected chi connectivity index (χ3v) is 5.78. The van der Waals surface area contributed by atoms with E-state index in [1.54, 1.807) is 4.90 Å². The molecule has 2 aliphatic rings.